The van der Waals surface area contributed by atoms with Crippen molar-refractivity contribution >= 4 is 5.91 Å². The Labute approximate surface area is 103 Å². The molecule has 2 aliphatic rings. The Hall–Kier alpha value is -0.610. The number of rotatable bonds is 3. The molecule has 1 saturated carbocycles. The Morgan fingerprint density at radius 2 is 2.12 bits per heavy atom. The number of carbonyl (C=O) groups excluding carboxylic acids is 1. The molecule has 2 fully saturated rings. The van der Waals surface area contributed by atoms with Gasteiger partial charge in [0.2, 0.25) is 5.91 Å². The summed E-state index contributed by atoms with van der Waals surface area (Å²) < 4.78 is 5.26. The summed E-state index contributed by atoms with van der Waals surface area (Å²) in [5.41, 5.74) is -0.124. The van der Waals surface area contributed by atoms with Crippen LogP contribution in [0, 0.1) is 11.3 Å². The monoisotopic (exact) mass is 241 g/mol. The second kappa shape index (κ2) is 5.36. The van der Waals surface area contributed by atoms with Gasteiger partial charge in [0.25, 0.3) is 0 Å². The molecule has 98 valence electrons. The Morgan fingerprint density at radius 3 is 2.76 bits per heavy atom. The second-order valence-electron chi connectivity index (χ2n) is 5.65. The van der Waals surface area contributed by atoms with E-state index >= 15 is 0 Å². The zero-order valence-electron chi connectivity index (χ0n) is 10.6. The Morgan fingerprint density at radius 1 is 1.41 bits per heavy atom. The molecule has 0 aromatic rings. The first kappa shape index (κ1) is 12.8. The number of hydrogen-bond acceptors (Lipinski definition) is 3. The van der Waals surface area contributed by atoms with Crippen molar-refractivity contribution in [2.45, 2.75) is 45.1 Å². The van der Waals surface area contributed by atoms with Crippen molar-refractivity contribution in [1.29, 1.82) is 0 Å². The van der Waals surface area contributed by atoms with Crippen molar-refractivity contribution in [3.8, 4) is 0 Å². The average Bonchev–Trinajstić information content (AvgIpc) is 2.73. The molecule has 0 aromatic heterocycles. The van der Waals surface area contributed by atoms with E-state index in [0.29, 0.717) is 13.2 Å². The molecule has 1 saturated heterocycles. The predicted molar refractivity (Wildman–Crippen MR) is 64.5 cm³/mol. The lowest BCUT2D eigenvalue weighted by Gasteiger charge is -2.32. The van der Waals surface area contributed by atoms with E-state index in [1.165, 1.54) is 0 Å². The van der Waals surface area contributed by atoms with E-state index in [-0.39, 0.29) is 29.9 Å². The molecule has 1 aliphatic heterocycles. The maximum absolute atomic E-state index is 12.1. The van der Waals surface area contributed by atoms with Gasteiger partial charge in [0, 0.05) is 30.6 Å². The van der Waals surface area contributed by atoms with Crippen molar-refractivity contribution in [3.63, 3.8) is 0 Å². The summed E-state index contributed by atoms with van der Waals surface area (Å²) in [5, 5.41) is 12.6. The molecule has 2 N–H and O–H groups in total. The van der Waals surface area contributed by atoms with Gasteiger partial charge in [-0.25, -0.2) is 0 Å². The molecule has 4 heteroatoms. The fraction of sp³-hybridized carbons (Fsp3) is 0.923. The van der Waals surface area contributed by atoms with Gasteiger partial charge in [0.15, 0.2) is 0 Å². The fourth-order valence-electron chi connectivity index (χ4n) is 2.92. The Bertz CT molecular complexity index is 276. The standard InChI is InChI=1S/C13H23NO3/c1-13(9-15)6-2-3-11(13)14-12(16)10-4-7-17-8-5-10/h10-11,15H,2-9H2,1H3,(H,14,16). The van der Waals surface area contributed by atoms with Crippen LogP contribution < -0.4 is 5.32 Å². The summed E-state index contributed by atoms with van der Waals surface area (Å²) in [4.78, 5) is 12.1. The highest BCUT2D eigenvalue weighted by molar-refractivity contribution is 5.79. The summed E-state index contributed by atoms with van der Waals surface area (Å²) in [6, 6.07) is 0.142. The zero-order chi connectivity index (χ0) is 12.3. The minimum Gasteiger partial charge on any atom is -0.396 e. The van der Waals surface area contributed by atoms with Crippen LogP contribution in [0.4, 0.5) is 0 Å². The van der Waals surface area contributed by atoms with Crippen molar-refractivity contribution < 1.29 is 14.6 Å². The highest BCUT2D eigenvalue weighted by atomic mass is 16.5. The third-order valence-electron chi connectivity index (χ3n) is 4.35. The molecule has 4 nitrogen and oxygen atoms in total. The third kappa shape index (κ3) is 2.80. The van der Waals surface area contributed by atoms with Crippen LogP contribution in [0.1, 0.15) is 39.0 Å². The van der Waals surface area contributed by atoms with Crippen molar-refractivity contribution in [3.05, 3.63) is 0 Å². The summed E-state index contributed by atoms with van der Waals surface area (Å²) in [6.07, 6.45) is 4.74. The minimum absolute atomic E-state index is 0.104. The van der Waals surface area contributed by atoms with E-state index in [1.54, 1.807) is 0 Å². The number of ether oxygens (including phenoxy) is 1. The smallest absolute Gasteiger partial charge is 0.223 e. The van der Waals surface area contributed by atoms with Gasteiger partial charge >= 0.3 is 0 Å². The molecule has 0 radical (unpaired) electrons. The van der Waals surface area contributed by atoms with Crippen LogP contribution in [-0.4, -0.2) is 36.9 Å². The lowest BCUT2D eigenvalue weighted by molar-refractivity contribution is -0.129. The van der Waals surface area contributed by atoms with Gasteiger partial charge < -0.3 is 15.2 Å². The number of nitrogens with one attached hydrogen (secondary N) is 1. The molecule has 1 aliphatic carbocycles. The lowest BCUT2D eigenvalue weighted by Crippen LogP contribution is -2.47. The number of aliphatic hydroxyl groups excluding tert-OH is 1. The van der Waals surface area contributed by atoms with Crippen LogP contribution in [0.25, 0.3) is 0 Å². The molecule has 1 amide bonds. The molecule has 2 unspecified atom stereocenters. The topological polar surface area (TPSA) is 58.6 Å². The molecule has 0 aromatic carbocycles. The fourth-order valence-corrected chi connectivity index (χ4v) is 2.92. The quantitative estimate of drug-likeness (QED) is 0.777. The van der Waals surface area contributed by atoms with Crippen LogP contribution in [0.15, 0.2) is 0 Å². The Kier molecular flexibility index (Phi) is 4.05. The largest absolute Gasteiger partial charge is 0.396 e. The van der Waals surface area contributed by atoms with E-state index in [1.807, 2.05) is 0 Å². The maximum atomic E-state index is 12.1. The van der Waals surface area contributed by atoms with E-state index in [0.717, 1.165) is 32.1 Å². The number of carbonyl (C=O) groups is 1. The molecule has 0 bridgehead atoms. The SMILES string of the molecule is CC1(CO)CCCC1NC(=O)C1CCOCC1. The van der Waals surface area contributed by atoms with Crippen LogP contribution in [0.3, 0.4) is 0 Å². The summed E-state index contributed by atoms with van der Waals surface area (Å²) in [5.74, 6) is 0.257. The van der Waals surface area contributed by atoms with Crippen LogP contribution in [0.5, 0.6) is 0 Å². The number of hydrogen-bond donors (Lipinski definition) is 2. The first-order valence-electron chi connectivity index (χ1n) is 6.65. The third-order valence-corrected chi connectivity index (χ3v) is 4.35. The van der Waals surface area contributed by atoms with Gasteiger partial charge in [0.1, 0.15) is 0 Å². The van der Waals surface area contributed by atoms with Crippen molar-refractivity contribution in [1.82, 2.24) is 5.32 Å². The predicted octanol–water partition coefficient (Wildman–Crippen LogP) is 1.08. The van der Waals surface area contributed by atoms with Gasteiger partial charge in [-0.3, -0.25) is 4.79 Å². The highest BCUT2D eigenvalue weighted by Crippen LogP contribution is 2.37. The molecular weight excluding hydrogens is 218 g/mol. The lowest BCUT2D eigenvalue weighted by atomic mass is 9.85. The Balaban J connectivity index is 1.89. The molecule has 1 heterocycles. The van der Waals surface area contributed by atoms with Gasteiger partial charge in [-0.15, -0.1) is 0 Å². The van der Waals surface area contributed by atoms with Crippen LogP contribution in [-0.2, 0) is 9.53 Å². The number of amides is 1. The van der Waals surface area contributed by atoms with Crippen LogP contribution >= 0.6 is 0 Å². The van der Waals surface area contributed by atoms with E-state index < -0.39 is 0 Å². The molecule has 2 rings (SSSR count). The summed E-state index contributed by atoms with van der Waals surface area (Å²) in [7, 11) is 0. The van der Waals surface area contributed by atoms with Gasteiger partial charge in [-0.2, -0.15) is 0 Å². The van der Waals surface area contributed by atoms with E-state index in [4.69, 9.17) is 4.74 Å². The van der Waals surface area contributed by atoms with Gasteiger partial charge in [-0.1, -0.05) is 13.3 Å². The highest BCUT2D eigenvalue weighted by Gasteiger charge is 2.39. The van der Waals surface area contributed by atoms with Crippen molar-refractivity contribution in [2.24, 2.45) is 11.3 Å². The van der Waals surface area contributed by atoms with Crippen molar-refractivity contribution in [2.75, 3.05) is 19.8 Å². The first-order valence-corrected chi connectivity index (χ1v) is 6.65. The zero-order valence-corrected chi connectivity index (χ0v) is 10.6. The van der Waals surface area contributed by atoms with E-state index in [9.17, 15) is 9.90 Å². The maximum Gasteiger partial charge on any atom is 0.223 e. The summed E-state index contributed by atoms with van der Waals surface area (Å²) >= 11 is 0. The molecular formula is C13H23NO3. The normalized spacial score (nSPS) is 34.8. The number of aliphatic hydroxyl groups is 1. The molecule has 17 heavy (non-hydrogen) atoms. The summed E-state index contributed by atoms with van der Waals surface area (Å²) in [6.45, 7) is 3.61. The van der Waals surface area contributed by atoms with Gasteiger partial charge in [0.05, 0.1) is 6.61 Å². The average molecular weight is 241 g/mol. The van der Waals surface area contributed by atoms with Gasteiger partial charge in [-0.05, 0) is 25.7 Å². The van der Waals surface area contributed by atoms with E-state index in [2.05, 4.69) is 12.2 Å². The molecule has 0 spiro atoms. The molecule has 2 atom stereocenters. The minimum atomic E-state index is -0.124. The van der Waals surface area contributed by atoms with Crippen LogP contribution in [0.2, 0.25) is 0 Å². The second-order valence-corrected chi connectivity index (χ2v) is 5.65. The first-order chi connectivity index (χ1) is 8.15.